The molecule has 0 amide bonds. The van der Waals surface area contributed by atoms with Gasteiger partial charge in [-0.1, -0.05) is 72.8 Å². The monoisotopic (exact) mass is 810 g/mol. The van der Waals surface area contributed by atoms with Gasteiger partial charge in [-0.15, -0.1) is 23.5 Å². The Bertz CT molecular complexity index is 1220. The number of ketones is 1. The highest BCUT2D eigenvalue weighted by atomic mass is 32.2. The Morgan fingerprint density at radius 3 is 2.08 bits per heavy atom. The van der Waals surface area contributed by atoms with Gasteiger partial charge in [0.2, 0.25) is 0 Å². The fraction of sp³-hybridized carbons (Fsp3) is 0.786. The van der Waals surface area contributed by atoms with Crippen molar-refractivity contribution in [3.05, 3.63) is 42.0 Å². The first-order valence-corrected chi connectivity index (χ1v) is 27.6. The molecule has 0 radical (unpaired) electrons. The Hall–Kier alpha value is -0.636. The van der Waals surface area contributed by atoms with Crippen LogP contribution in [-0.2, 0) is 34.5 Å². The van der Waals surface area contributed by atoms with Crippen LogP contribution in [0.1, 0.15) is 106 Å². The van der Waals surface area contributed by atoms with Crippen molar-refractivity contribution in [2.45, 2.75) is 172 Å². The van der Waals surface area contributed by atoms with Crippen LogP contribution in [0.4, 0.5) is 0 Å². The number of carbonyl (C=O) groups is 1. The summed E-state index contributed by atoms with van der Waals surface area (Å²) in [5, 5.41) is 0. The van der Waals surface area contributed by atoms with Crippen molar-refractivity contribution in [1.29, 1.82) is 0 Å². The standard InChI is InChI=1S/C42H74O7S2Si2/c1-12-52(13-2,14-3)46-30-34(8)33(7)25-39(49-53(15-4,16-5)17-6)29-42(50-23-18-24-51-42)28-36(43)26-38-27-40(48-41(9,10)47-38)32-45-31-35-19-21-37(44-11)22-20-35/h19-22,34,38-40H,7,12-18,23-32H2,1-6,8-11H3/t34-,38+,39?,40+/m0/s1. The van der Waals surface area contributed by atoms with E-state index >= 15 is 0 Å². The molecule has 2 aliphatic rings. The van der Waals surface area contributed by atoms with Crippen molar-refractivity contribution in [2.24, 2.45) is 5.92 Å². The molecular formula is C42H74O7S2Si2. The number of carbonyl (C=O) groups excluding carboxylic acids is 1. The first kappa shape index (κ1) is 46.7. The van der Waals surface area contributed by atoms with Gasteiger partial charge in [-0.05, 0) is 104 Å². The molecule has 53 heavy (non-hydrogen) atoms. The normalized spacial score (nSPS) is 21.5. The number of hydrogen-bond donors (Lipinski definition) is 0. The summed E-state index contributed by atoms with van der Waals surface area (Å²) >= 11 is 3.97. The van der Waals surface area contributed by atoms with Gasteiger partial charge in [-0.25, -0.2) is 0 Å². The molecule has 2 saturated heterocycles. The van der Waals surface area contributed by atoms with E-state index in [1.807, 2.05) is 61.6 Å². The molecule has 304 valence electrons. The number of hydrogen-bond acceptors (Lipinski definition) is 9. The van der Waals surface area contributed by atoms with E-state index in [4.69, 9.17) is 27.8 Å². The zero-order valence-electron chi connectivity index (χ0n) is 35.0. The first-order valence-electron chi connectivity index (χ1n) is 20.6. The fourth-order valence-electron chi connectivity index (χ4n) is 7.84. The van der Waals surface area contributed by atoms with Crippen molar-refractivity contribution >= 4 is 45.9 Å². The molecule has 0 aromatic heterocycles. The minimum absolute atomic E-state index is 0.0402. The lowest BCUT2D eigenvalue weighted by Gasteiger charge is -2.43. The van der Waals surface area contributed by atoms with Crippen LogP contribution in [-0.4, -0.2) is 82.4 Å². The molecule has 7 nitrogen and oxygen atoms in total. The van der Waals surface area contributed by atoms with E-state index in [1.54, 1.807) is 7.11 Å². The van der Waals surface area contributed by atoms with Crippen LogP contribution in [0.5, 0.6) is 5.75 Å². The Kier molecular flexibility index (Phi) is 19.7. The molecule has 11 heteroatoms. The summed E-state index contributed by atoms with van der Waals surface area (Å²) in [6.07, 6.45) is 4.06. The highest BCUT2D eigenvalue weighted by Crippen LogP contribution is 2.50. The van der Waals surface area contributed by atoms with Crippen molar-refractivity contribution in [3.63, 3.8) is 0 Å². The van der Waals surface area contributed by atoms with Crippen LogP contribution >= 0.6 is 23.5 Å². The molecule has 1 unspecified atom stereocenters. The van der Waals surface area contributed by atoms with E-state index < -0.39 is 22.4 Å². The summed E-state index contributed by atoms with van der Waals surface area (Å²) in [5.74, 6) is 2.71. The maximum atomic E-state index is 14.1. The number of Topliss-reactive ketones (excluding diaryl/α,β-unsaturated/α-hetero) is 1. The minimum Gasteiger partial charge on any atom is -0.497 e. The molecule has 0 bridgehead atoms. The van der Waals surface area contributed by atoms with Crippen molar-refractivity contribution in [1.82, 2.24) is 0 Å². The Labute approximate surface area is 334 Å². The Morgan fingerprint density at radius 1 is 0.925 bits per heavy atom. The zero-order chi connectivity index (χ0) is 39.1. The molecule has 2 fully saturated rings. The van der Waals surface area contributed by atoms with Crippen LogP contribution < -0.4 is 4.74 Å². The first-order chi connectivity index (χ1) is 25.2. The van der Waals surface area contributed by atoms with Crippen molar-refractivity contribution in [3.8, 4) is 5.75 Å². The van der Waals surface area contributed by atoms with Gasteiger partial charge < -0.3 is 27.8 Å². The van der Waals surface area contributed by atoms with Crippen LogP contribution in [0.3, 0.4) is 0 Å². The van der Waals surface area contributed by atoms with Gasteiger partial charge in [0.15, 0.2) is 22.4 Å². The molecule has 0 N–H and O–H groups in total. The van der Waals surface area contributed by atoms with E-state index in [2.05, 4.69) is 55.0 Å². The second-order valence-electron chi connectivity index (χ2n) is 15.9. The highest BCUT2D eigenvalue weighted by Gasteiger charge is 2.43. The van der Waals surface area contributed by atoms with Crippen LogP contribution in [0.25, 0.3) is 0 Å². The lowest BCUT2D eigenvalue weighted by molar-refractivity contribution is -0.305. The molecule has 3 rings (SSSR count). The van der Waals surface area contributed by atoms with Crippen molar-refractivity contribution in [2.75, 3.05) is 31.8 Å². The summed E-state index contributed by atoms with van der Waals surface area (Å²) in [6, 6.07) is 14.7. The predicted octanol–water partition coefficient (Wildman–Crippen LogP) is 11.4. The van der Waals surface area contributed by atoms with Gasteiger partial charge in [-0.2, -0.15) is 0 Å². The second-order valence-corrected chi connectivity index (χ2v) is 28.6. The molecule has 1 aromatic rings. The third-order valence-corrected chi connectivity index (χ3v) is 24.5. The van der Waals surface area contributed by atoms with Gasteiger partial charge in [0.05, 0.1) is 42.7 Å². The topological polar surface area (TPSA) is 72.5 Å². The predicted molar refractivity (Wildman–Crippen MR) is 230 cm³/mol. The average molecular weight is 811 g/mol. The Morgan fingerprint density at radius 2 is 1.51 bits per heavy atom. The lowest BCUT2D eigenvalue weighted by atomic mass is 9.94. The fourth-order valence-corrected chi connectivity index (χ4v) is 16.9. The highest BCUT2D eigenvalue weighted by molar-refractivity contribution is 8.18. The number of ether oxygens (including phenoxy) is 4. The van der Waals surface area contributed by atoms with E-state index in [1.165, 1.54) is 12.0 Å². The quantitative estimate of drug-likeness (QED) is 0.0709. The van der Waals surface area contributed by atoms with Gasteiger partial charge in [0.25, 0.3) is 0 Å². The van der Waals surface area contributed by atoms with E-state index in [0.717, 1.165) is 78.5 Å². The van der Waals surface area contributed by atoms with Gasteiger partial charge >= 0.3 is 0 Å². The summed E-state index contributed by atoms with van der Waals surface area (Å²) in [6.45, 7) is 26.3. The lowest BCUT2D eigenvalue weighted by Crippen LogP contribution is -2.47. The van der Waals surface area contributed by atoms with Crippen molar-refractivity contribution < 1.29 is 32.6 Å². The maximum absolute atomic E-state index is 14.1. The van der Waals surface area contributed by atoms with Gasteiger partial charge in [0, 0.05) is 25.9 Å². The number of thioether (sulfide) groups is 2. The van der Waals surface area contributed by atoms with Gasteiger partial charge in [0.1, 0.15) is 11.5 Å². The van der Waals surface area contributed by atoms with Crippen LogP contribution in [0.15, 0.2) is 36.4 Å². The SMILES string of the molecule is C=C(CC(CC1(CC(=O)C[C@@H]2C[C@H](COCc3ccc(OC)cc3)OC(C)(C)O2)SCCCS1)O[Si](CC)(CC)CC)[C@@H](C)CO[Si](CC)(CC)CC. The van der Waals surface area contributed by atoms with E-state index in [0.29, 0.717) is 32.5 Å². The largest absolute Gasteiger partial charge is 0.497 e. The smallest absolute Gasteiger partial charge is 0.192 e. The third-order valence-electron chi connectivity index (χ3n) is 11.7. The summed E-state index contributed by atoms with van der Waals surface area (Å²) in [4.78, 5) is 14.1. The second kappa shape index (κ2) is 22.3. The molecule has 1 aromatic carbocycles. The molecule has 2 aliphatic heterocycles. The number of benzene rings is 1. The van der Waals surface area contributed by atoms with E-state index in [9.17, 15) is 4.79 Å². The summed E-state index contributed by atoms with van der Waals surface area (Å²) in [5.41, 5.74) is 2.30. The summed E-state index contributed by atoms with van der Waals surface area (Å²) in [7, 11) is -1.94. The maximum Gasteiger partial charge on any atom is 0.192 e. The third kappa shape index (κ3) is 14.7. The summed E-state index contributed by atoms with van der Waals surface area (Å²) < 4.78 is 37.8. The van der Waals surface area contributed by atoms with Gasteiger partial charge in [-0.3, -0.25) is 4.79 Å². The molecule has 2 heterocycles. The number of rotatable bonds is 25. The molecule has 0 aliphatic carbocycles. The Balaban J connectivity index is 1.71. The molecule has 0 saturated carbocycles. The van der Waals surface area contributed by atoms with Crippen LogP contribution in [0.2, 0.25) is 36.3 Å². The van der Waals surface area contributed by atoms with Crippen LogP contribution in [0, 0.1) is 5.92 Å². The molecule has 0 spiro atoms. The average Bonchev–Trinajstić information content (AvgIpc) is 3.14. The molecular weight excluding hydrogens is 737 g/mol. The van der Waals surface area contributed by atoms with E-state index in [-0.39, 0.29) is 34.1 Å². The number of methoxy groups -OCH3 is 1. The minimum atomic E-state index is -1.92. The molecule has 4 atom stereocenters. The zero-order valence-corrected chi connectivity index (χ0v) is 38.7.